The van der Waals surface area contributed by atoms with Gasteiger partial charge in [-0.2, -0.15) is 0 Å². The molecule has 2 atom stereocenters. The lowest BCUT2D eigenvalue weighted by Crippen LogP contribution is -2.47. The van der Waals surface area contributed by atoms with Crippen LogP contribution in [0.1, 0.15) is 48.3 Å². The van der Waals surface area contributed by atoms with E-state index in [0.29, 0.717) is 18.5 Å². The van der Waals surface area contributed by atoms with Crippen molar-refractivity contribution >= 4 is 41.3 Å². The number of hydrogen-bond acceptors (Lipinski definition) is 4. The predicted molar refractivity (Wildman–Crippen MR) is 118 cm³/mol. The largest absolute Gasteiger partial charge is 0.469 e. The van der Waals surface area contributed by atoms with Crippen LogP contribution in [-0.2, 0) is 13.0 Å². The second-order valence-corrected chi connectivity index (χ2v) is 8.12. The molecule has 1 saturated carbocycles. The number of thiazole rings is 1. The number of guanidine groups is 1. The van der Waals surface area contributed by atoms with E-state index in [2.05, 4.69) is 29.5 Å². The summed E-state index contributed by atoms with van der Waals surface area (Å²) in [6.07, 6.45) is 9.64. The van der Waals surface area contributed by atoms with Crippen LogP contribution in [0.25, 0.3) is 0 Å². The summed E-state index contributed by atoms with van der Waals surface area (Å²) in [4.78, 5) is 10.4. The van der Waals surface area contributed by atoms with Crippen LogP contribution in [0.5, 0.6) is 0 Å². The van der Waals surface area contributed by atoms with E-state index in [1.54, 1.807) is 17.6 Å². The zero-order valence-corrected chi connectivity index (χ0v) is 18.7. The predicted octanol–water partition coefficient (Wildman–Crippen LogP) is 4.52. The lowest BCUT2D eigenvalue weighted by Gasteiger charge is -2.31. The molecule has 0 aliphatic heterocycles. The third kappa shape index (κ3) is 6.57. The lowest BCUT2D eigenvalue weighted by molar-refractivity contribution is 0.306. The monoisotopic (exact) mass is 488 g/mol. The second-order valence-electron chi connectivity index (χ2n) is 6.80. The number of furan rings is 1. The minimum atomic E-state index is 0. The van der Waals surface area contributed by atoms with Crippen molar-refractivity contribution in [2.75, 3.05) is 6.54 Å². The molecule has 0 aromatic carbocycles. The number of hydrogen-bond donors (Lipinski definition) is 2. The summed E-state index contributed by atoms with van der Waals surface area (Å²) in [6, 6.07) is 4.44. The second kappa shape index (κ2) is 10.9. The normalized spacial score (nSPS) is 20.5. The molecular weight excluding hydrogens is 459 g/mol. The van der Waals surface area contributed by atoms with E-state index in [9.17, 15) is 0 Å². The minimum Gasteiger partial charge on any atom is -0.469 e. The Morgan fingerprint density at radius 1 is 1.38 bits per heavy atom. The fraction of sp³-hybridized carbons (Fsp3) is 0.579. The summed E-state index contributed by atoms with van der Waals surface area (Å²) in [5, 5.41) is 8.16. The van der Waals surface area contributed by atoms with Crippen molar-refractivity contribution in [3.63, 3.8) is 0 Å². The molecule has 2 heterocycles. The number of nitrogens with one attached hydrogen (secondary N) is 2. The van der Waals surface area contributed by atoms with Gasteiger partial charge in [0.05, 0.1) is 12.8 Å². The smallest absolute Gasteiger partial charge is 0.191 e. The van der Waals surface area contributed by atoms with E-state index in [4.69, 9.17) is 9.41 Å². The molecule has 0 amide bonds. The molecule has 0 bridgehead atoms. The van der Waals surface area contributed by atoms with Crippen molar-refractivity contribution in [1.29, 1.82) is 0 Å². The summed E-state index contributed by atoms with van der Waals surface area (Å²) in [5.74, 6) is 2.57. The van der Waals surface area contributed by atoms with E-state index in [1.165, 1.54) is 30.6 Å². The van der Waals surface area contributed by atoms with Crippen LogP contribution in [0.3, 0.4) is 0 Å². The van der Waals surface area contributed by atoms with Crippen LogP contribution < -0.4 is 10.6 Å². The van der Waals surface area contributed by atoms with E-state index in [0.717, 1.165) is 29.7 Å². The molecular formula is C19H29IN4OS. The van der Waals surface area contributed by atoms with Gasteiger partial charge in [0.15, 0.2) is 5.96 Å². The van der Waals surface area contributed by atoms with Crippen LogP contribution in [-0.4, -0.2) is 23.5 Å². The van der Waals surface area contributed by atoms with E-state index in [1.807, 2.05) is 18.3 Å². The van der Waals surface area contributed by atoms with Crippen molar-refractivity contribution < 1.29 is 4.42 Å². The molecule has 7 heteroatoms. The number of aromatic nitrogens is 1. The minimum absolute atomic E-state index is 0. The van der Waals surface area contributed by atoms with Gasteiger partial charge >= 0.3 is 0 Å². The van der Waals surface area contributed by atoms with Crippen LogP contribution in [0, 0.1) is 12.8 Å². The number of halogens is 1. The molecule has 144 valence electrons. The molecule has 1 aliphatic rings. The van der Waals surface area contributed by atoms with Crippen molar-refractivity contribution in [2.24, 2.45) is 10.9 Å². The summed E-state index contributed by atoms with van der Waals surface area (Å²) >= 11 is 1.71. The van der Waals surface area contributed by atoms with E-state index >= 15 is 0 Å². The average molecular weight is 488 g/mol. The molecule has 2 aromatic rings. The number of aliphatic imine (C=N–C) groups is 1. The van der Waals surface area contributed by atoms with Crippen molar-refractivity contribution in [3.8, 4) is 0 Å². The van der Waals surface area contributed by atoms with Crippen LogP contribution >= 0.6 is 35.3 Å². The standard InChI is InChI=1S/C19H28N4OS.HI/c1-14-6-3-4-8-17(14)23-19(20-10-9-16-7-5-11-24-16)22-13-18-21-12-15(2)25-18;/h5,7,11-12,14,17H,3-4,6,8-10,13H2,1-2H3,(H2,20,22,23);1H. The molecule has 0 saturated heterocycles. The third-order valence-electron chi connectivity index (χ3n) is 4.72. The van der Waals surface area contributed by atoms with Gasteiger partial charge in [-0.05, 0) is 37.8 Å². The van der Waals surface area contributed by atoms with Gasteiger partial charge in [-0.3, -0.25) is 0 Å². The van der Waals surface area contributed by atoms with Crippen molar-refractivity contribution in [3.05, 3.63) is 40.2 Å². The Bertz CT molecular complexity index is 671. The Hall–Kier alpha value is -1.09. The maximum atomic E-state index is 5.41. The zero-order valence-electron chi connectivity index (χ0n) is 15.5. The van der Waals surface area contributed by atoms with Crippen molar-refractivity contribution in [1.82, 2.24) is 15.6 Å². The maximum absolute atomic E-state index is 5.41. The van der Waals surface area contributed by atoms with Gasteiger partial charge in [0.1, 0.15) is 10.8 Å². The SMILES string of the molecule is Cc1cnc(CN=C(NCCc2ccco2)NC2CCCCC2C)s1.I. The molecule has 2 aromatic heterocycles. The molecule has 1 aliphatic carbocycles. The summed E-state index contributed by atoms with van der Waals surface area (Å²) < 4.78 is 5.41. The Labute approximate surface area is 177 Å². The topological polar surface area (TPSA) is 62.5 Å². The fourth-order valence-corrected chi connectivity index (χ4v) is 3.95. The van der Waals surface area contributed by atoms with Gasteiger partial charge in [-0.25, -0.2) is 9.98 Å². The summed E-state index contributed by atoms with van der Waals surface area (Å²) in [7, 11) is 0. The van der Waals surface area contributed by atoms with Crippen LogP contribution in [0.4, 0.5) is 0 Å². The first-order chi connectivity index (χ1) is 12.2. The molecule has 1 fully saturated rings. The summed E-state index contributed by atoms with van der Waals surface area (Å²) in [6.45, 7) is 5.84. The molecule has 26 heavy (non-hydrogen) atoms. The number of aryl methyl sites for hydroxylation is 1. The zero-order chi connectivity index (χ0) is 17.5. The Balaban J connectivity index is 0.00000243. The highest BCUT2D eigenvalue weighted by atomic mass is 127. The van der Waals surface area contributed by atoms with Gasteiger partial charge in [-0.15, -0.1) is 35.3 Å². The van der Waals surface area contributed by atoms with Crippen molar-refractivity contribution in [2.45, 2.75) is 58.5 Å². The summed E-state index contributed by atoms with van der Waals surface area (Å²) in [5.41, 5.74) is 0. The average Bonchev–Trinajstić information content (AvgIpc) is 3.26. The van der Waals surface area contributed by atoms with Gasteiger partial charge < -0.3 is 15.1 Å². The van der Waals surface area contributed by atoms with E-state index in [-0.39, 0.29) is 24.0 Å². The molecule has 2 N–H and O–H groups in total. The molecule has 0 spiro atoms. The highest BCUT2D eigenvalue weighted by Crippen LogP contribution is 2.23. The van der Waals surface area contributed by atoms with Gasteiger partial charge in [0, 0.05) is 30.1 Å². The van der Waals surface area contributed by atoms with Gasteiger partial charge in [-0.1, -0.05) is 19.8 Å². The first kappa shape index (κ1) is 21.2. The molecule has 2 unspecified atom stereocenters. The highest BCUT2D eigenvalue weighted by Gasteiger charge is 2.22. The molecule has 3 rings (SSSR count). The Kier molecular flexibility index (Phi) is 8.90. The first-order valence-electron chi connectivity index (χ1n) is 9.19. The van der Waals surface area contributed by atoms with Gasteiger partial charge in [0.25, 0.3) is 0 Å². The number of rotatable bonds is 6. The molecule has 0 radical (unpaired) electrons. The maximum Gasteiger partial charge on any atom is 0.191 e. The fourth-order valence-electron chi connectivity index (χ4n) is 3.24. The Morgan fingerprint density at radius 3 is 2.92 bits per heavy atom. The van der Waals surface area contributed by atoms with Crippen LogP contribution in [0.15, 0.2) is 34.0 Å². The first-order valence-corrected chi connectivity index (χ1v) is 10.0. The lowest BCUT2D eigenvalue weighted by atomic mass is 9.86. The van der Waals surface area contributed by atoms with Crippen LogP contribution in [0.2, 0.25) is 0 Å². The molecule has 5 nitrogen and oxygen atoms in total. The Morgan fingerprint density at radius 2 is 2.23 bits per heavy atom. The highest BCUT2D eigenvalue weighted by molar-refractivity contribution is 14.0. The van der Waals surface area contributed by atoms with E-state index < -0.39 is 0 Å². The third-order valence-corrected chi connectivity index (χ3v) is 5.62. The van der Waals surface area contributed by atoms with Gasteiger partial charge in [0.2, 0.25) is 0 Å². The quantitative estimate of drug-likeness (QED) is 0.357. The number of nitrogens with zero attached hydrogens (tertiary/aromatic N) is 2.